The van der Waals surface area contributed by atoms with E-state index in [1.807, 2.05) is 0 Å². The quantitative estimate of drug-likeness (QED) is 0.804. The first-order chi connectivity index (χ1) is 8.45. The van der Waals surface area contributed by atoms with Gasteiger partial charge < -0.3 is 4.74 Å². The number of ether oxygens (including phenoxy) is 1. The molecule has 1 unspecified atom stereocenters. The minimum Gasteiger partial charge on any atom is -0.473 e. The molecule has 1 atom stereocenters. The summed E-state index contributed by atoms with van der Waals surface area (Å²) >= 11 is 0. The third-order valence-corrected chi connectivity index (χ3v) is 4.12. The smallest absolute Gasteiger partial charge is 0.216 e. The Labute approximate surface area is 107 Å². The Bertz CT molecular complexity index is 518. The highest BCUT2D eigenvalue weighted by atomic mass is 32.2. The summed E-state index contributed by atoms with van der Waals surface area (Å²) in [5.74, 6) is 1.14. The molecule has 1 aromatic heterocycles. The molecule has 0 aromatic carbocycles. The van der Waals surface area contributed by atoms with Crippen LogP contribution in [0.25, 0.3) is 0 Å². The topological polar surface area (TPSA) is 72.4 Å². The Morgan fingerprint density at radius 3 is 2.94 bits per heavy atom. The molecule has 0 spiro atoms. The molecule has 1 aromatic rings. The fourth-order valence-corrected chi connectivity index (χ4v) is 2.87. The molecule has 18 heavy (non-hydrogen) atoms. The highest BCUT2D eigenvalue weighted by molar-refractivity contribution is 7.88. The molecule has 1 aliphatic heterocycles. The van der Waals surface area contributed by atoms with Crippen molar-refractivity contribution in [3.05, 3.63) is 18.1 Å². The van der Waals surface area contributed by atoms with Crippen LogP contribution in [0, 0.1) is 6.92 Å². The summed E-state index contributed by atoms with van der Waals surface area (Å²) in [4.78, 5) is 8.14. The van der Waals surface area contributed by atoms with E-state index in [-0.39, 0.29) is 6.10 Å². The molecule has 7 heteroatoms. The molecule has 1 saturated heterocycles. The Balaban J connectivity index is 2.02. The number of nitrogens with zero attached hydrogens (tertiary/aromatic N) is 3. The third kappa shape index (κ3) is 3.39. The van der Waals surface area contributed by atoms with Crippen LogP contribution in [0.1, 0.15) is 18.7 Å². The van der Waals surface area contributed by atoms with Crippen LogP contribution in [0.5, 0.6) is 5.88 Å². The summed E-state index contributed by atoms with van der Waals surface area (Å²) in [5.41, 5.74) is 0. The zero-order chi connectivity index (χ0) is 13.2. The van der Waals surface area contributed by atoms with Crippen molar-refractivity contribution in [1.82, 2.24) is 14.3 Å². The summed E-state index contributed by atoms with van der Waals surface area (Å²) in [6.45, 7) is 2.75. The van der Waals surface area contributed by atoms with Gasteiger partial charge in [-0.25, -0.2) is 13.4 Å². The molecule has 0 amide bonds. The number of aromatic nitrogens is 2. The van der Waals surface area contributed by atoms with Crippen molar-refractivity contribution < 1.29 is 13.2 Å². The molecule has 0 bridgehead atoms. The summed E-state index contributed by atoms with van der Waals surface area (Å²) < 4.78 is 30.1. The number of hydrogen-bond donors (Lipinski definition) is 0. The van der Waals surface area contributed by atoms with Gasteiger partial charge in [0.15, 0.2) is 0 Å². The van der Waals surface area contributed by atoms with Crippen molar-refractivity contribution in [1.29, 1.82) is 0 Å². The minimum atomic E-state index is -3.14. The van der Waals surface area contributed by atoms with E-state index in [4.69, 9.17) is 4.74 Å². The van der Waals surface area contributed by atoms with Crippen LogP contribution in [0.3, 0.4) is 0 Å². The number of aryl methyl sites for hydroxylation is 1. The lowest BCUT2D eigenvalue weighted by atomic mass is 10.1. The predicted molar refractivity (Wildman–Crippen MR) is 66.8 cm³/mol. The van der Waals surface area contributed by atoms with Gasteiger partial charge in [-0.05, 0) is 19.8 Å². The van der Waals surface area contributed by atoms with E-state index in [1.54, 1.807) is 19.2 Å². The van der Waals surface area contributed by atoms with E-state index < -0.39 is 10.0 Å². The van der Waals surface area contributed by atoms with Gasteiger partial charge >= 0.3 is 0 Å². The van der Waals surface area contributed by atoms with E-state index in [0.29, 0.717) is 24.8 Å². The van der Waals surface area contributed by atoms with Crippen molar-refractivity contribution >= 4 is 10.0 Å². The van der Waals surface area contributed by atoms with Gasteiger partial charge in [-0.15, -0.1) is 0 Å². The highest BCUT2D eigenvalue weighted by Gasteiger charge is 2.27. The molecule has 6 nitrogen and oxygen atoms in total. The van der Waals surface area contributed by atoms with Gasteiger partial charge in [-0.1, -0.05) is 0 Å². The molecule has 100 valence electrons. The lowest BCUT2D eigenvalue weighted by molar-refractivity contribution is 0.124. The number of rotatable bonds is 3. The molecular weight excluding hydrogens is 254 g/mol. The van der Waals surface area contributed by atoms with Crippen LogP contribution in [0.15, 0.2) is 12.3 Å². The third-order valence-electron chi connectivity index (χ3n) is 2.85. The Morgan fingerprint density at radius 2 is 2.28 bits per heavy atom. The van der Waals surface area contributed by atoms with Gasteiger partial charge in [0.05, 0.1) is 12.8 Å². The fourth-order valence-electron chi connectivity index (χ4n) is 1.97. The second-order valence-corrected chi connectivity index (χ2v) is 6.43. The van der Waals surface area contributed by atoms with Crippen LogP contribution in [-0.2, 0) is 10.0 Å². The zero-order valence-corrected chi connectivity index (χ0v) is 11.4. The average molecular weight is 271 g/mol. The first kappa shape index (κ1) is 13.2. The van der Waals surface area contributed by atoms with E-state index in [1.165, 1.54) is 10.6 Å². The zero-order valence-electron chi connectivity index (χ0n) is 10.5. The lowest BCUT2D eigenvalue weighted by Crippen LogP contribution is -2.43. The molecule has 0 radical (unpaired) electrons. The van der Waals surface area contributed by atoms with Crippen LogP contribution in [0.4, 0.5) is 0 Å². The summed E-state index contributed by atoms with van der Waals surface area (Å²) in [7, 11) is -3.14. The molecule has 0 aliphatic carbocycles. The number of sulfonamides is 1. The van der Waals surface area contributed by atoms with Crippen molar-refractivity contribution in [2.75, 3.05) is 19.3 Å². The standard InChI is InChI=1S/C11H17N3O3S/c1-9-12-6-5-11(13-9)17-10-4-3-7-14(8-10)18(2,15)16/h5-6,10H,3-4,7-8H2,1-2H3. The van der Waals surface area contributed by atoms with Gasteiger partial charge in [-0.2, -0.15) is 9.29 Å². The Hall–Kier alpha value is -1.21. The van der Waals surface area contributed by atoms with Crippen LogP contribution in [-0.4, -0.2) is 48.1 Å². The number of hydrogen-bond acceptors (Lipinski definition) is 5. The summed E-state index contributed by atoms with van der Waals surface area (Å²) in [5, 5.41) is 0. The fraction of sp³-hybridized carbons (Fsp3) is 0.636. The van der Waals surface area contributed by atoms with Crippen molar-refractivity contribution in [3.63, 3.8) is 0 Å². The van der Waals surface area contributed by atoms with Crippen molar-refractivity contribution in [3.8, 4) is 5.88 Å². The molecule has 2 rings (SSSR count). The Morgan fingerprint density at radius 1 is 1.50 bits per heavy atom. The second kappa shape index (κ2) is 5.19. The van der Waals surface area contributed by atoms with E-state index in [0.717, 1.165) is 12.8 Å². The second-order valence-electron chi connectivity index (χ2n) is 4.45. The van der Waals surface area contributed by atoms with E-state index in [9.17, 15) is 8.42 Å². The van der Waals surface area contributed by atoms with Crippen LogP contribution in [0.2, 0.25) is 0 Å². The minimum absolute atomic E-state index is 0.136. The van der Waals surface area contributed by atoms with Crippen molar-refractivity contribution in [2.45, 2.75) is 25.9 Å². The van der Waals surface area contributed by atoms with E-state index >= 15 is 0 Å². The molecular formula is C11H17N3O3S. The maximum absolute atomic E-state index is 11.5. The van der Waals surface area contributed by atoms with Crippen LogP contribution < -0.4 is 4.74 Å². The van der Waals surface area contributed by atoms with Gasteiger partial charge in [0.1, 0.15) is 11.9 Å². The first-order valence-electron chi connectivity index (χ1n) is 5.86. The largest absolute Gasteiger partial charge is 0.473 e. The normalized spacial score (nSPS) is 21.8. The maximum Gasteiger partial charge on any atom is 0.216 e. The monoisotopic (exact) mass is 271 g/mol. The van der Waals surface area contributed by atoms with Gasteiger partial charge in [0, 0.05) is 18.8 Å². The van der Waals surface area contributed by atoms with E-state index in [2.05, 4.69) is 9.97 Å². The van der Waals surface area contributed by atoms with Gasteiger partial charge in [-0.3, -0.25) is 0 Å². The molecule has 2 heterocycles. The SMILES string of the molecule is Cc1nccc(OC2CCCN(S(C)(=O)=O)C2)n1. The van der Waals surface area contributed by atoms with Crippen molar-refractivity contribution in [2.24, 2.45) is 0 Å². The lowest BCUT2D eigenvalue weighted by Gasteiger charge is -2.30. The maximum atomic E-state index is 11.5. The van der Waals surface area contributed by atoms with Gasteiger partial charge in [0.2, 0.25) is 15.9 Å². The predicted octanol–water partition coefficient (Wildman–Crippen LogP) is 0.588. The molecule has 1 fully saturated rings. The highest BCUT2D eigenvalue weighted by Crippen LogP contribution is 2.18. The van der Waals surface area contributed by atoms with Gasteiger partial charge in [0.25, 0.3) is 0 Å². The molecule has 0 N–H and O–H groups in total. The average Bonchev–Trinajstić information content (AvgIpc) is 2.28. The Kier molecular flexibility index (Phi) is 3.82. The first-order valence-corrected chi connectivity index (χ1v) is 7.71. The van der Waals surface area contributed by atoms with Crippen LogP contribution >= 0.6 is 0 Å². The summed E-state index contributed by atoms with van der Waals surface area (Å²) in [6, 6.07) is 1.69. The number of piperidine rings is 1. The molecule has 0 saturated carbocycles. The molecule has 1 aliphatic rings. The summed E-state index contributed by atoms with van der Waals surface area (Å²) in [6.07, 6.45) is 4.37.